The maximum absolute atomic E-state index is 13.0. The average molecular weight is 336 g/mol. The summed E-state index contributed by atoms with van der Waals surface area (Å²) < 4.78 is 0. The van der Waals surface area contributed by atoms with E-state index < -0.39 is 0 Å². The van der Waals surface area contributed by atoms with E-state index in [0.29, 0.717) is 18.5 Å². The third-order valence-corrected chi connectivity index (χ3v) is 5.06. The number of carbonyl (C=O) groups is 1. The summed E-state index contributed by atoms with van der Waals surface area (Å²) in [6.07, 6.45) is 4.31. The molecule has 1 N–H and O–H groups in total. The number of amides is 1. The van der Waals surface area contributed by atoms with Gasteiger partial charge >= 0.3 is 0 Å². The molecule has 0 fully saturated rings. The largest absolute Gasteiger partial charge is 0.394 e. The Balaban J connectivity index is 2.32. The summed E-state index contributed by atoms with van der Waals surface area (Å²) in [7, 11) is 0. The zero-order valence-electron chi connectivity index (χ0n) is 12.7. The van der Waals surface area contributed by atoms with Gasteiger partial charge in [-0.15, -0.1) is 23.1 Å². The van der Waals surface area contributed by atoms with Crippen molar-refractivity contribution in [2.45, 2.75) is 31.0 Å². The Kier molecular flexibility index (Phi) is 6.42. The van der Waals surface area contributed by atoms with Crippen LogP contribution in [0.3, 0.4) is 0 Å². The Morgan fingerprint density at radius 1 is 1.45 bits per heavy atom. The minimum atomic E-state index is -0.190. The topological polar surface area (TPSA) is 53.4 Å². The van der Waals surface area contributed by atoms with Crippen molar-refractivity contribution in [1.82, 2.24) is 9.88 Å². The Hall–Kier alpha value is -1.37. The minimum Gasteiger partial charge on any atom is -0.394 e. The SMILES string of the molecule is CC[C@@H](CO)N(Cc1cccs1)C(=O)c1cccnc1SC. The molecule has 0 unspecified atom stereocenters. The lowest BCUT2D eigenvalue weighted by Gasteiger charge is -2.30. The zero-order chi connectivity index (χ0) is 15.9. The number of rotatable bonds is 7. The number of hydrogen-bond acceptors (Lipinski definition) is 5. The predicted octanol–water partition coefficient (Wildman–Crippen LogP) is 3.28. The van der Waals surface area contributed by atoms with Gasteiger partial charge in [0, 0.05) is 11.1 Å². The Morgan fingerprint density at radius 3 is 2.86 bits per heavy atom. The van der Waals surface area contributed by atoms with Crippen LogP contribution in [-0.2, 0) is 6.54 Å². The first-order chi connectivity index (χ1) is 10.7. The van der Waals surface area contributed by atoms with Crippen LogP contribution in [0.15, 0.2) is 40.9 Å². The first-order valence-electron chi connectivity index (χ1n) is 7.14. The Labute approximate surface area is 139 Å². The summed E-state index contributed by atoms with van der Waals surface area (Å²) in [6, 6.07) is 7.36. The lowest BCUT2D eigenvalue weighted by molar-refractivity contribution is 0.0562. The van der Waals surface area contributed by atoms with E-state index in [-0.39, 0.29) is 18.6 Å². The lowest BCUT2D eigenvalue weighted by Crippen LogP contribution is -2.41. The molecule has 0 saturated heterocycles. The molecule has 6 heteroatoms. The van der Waals surface area contributed by atoms with Crippen LogP contribution in [-0.4, -0.2) is 39.8 Å². The molecule has 0 spiro atoms. The van der Waals surface area contributed by atoms with Gasteiger partial charge in [0.1, 0.15) is 5.03 Å². The van der Waals surface area contributed by atoms with Crippen molar-refractivity contribution in [3.63, 3.8) is 0 Å². The van der Waals surface area contributed by atoms with Gasteiger partial charge in [0.2, 0.25) is 0 Å². The van der Waals surface area contributed by atoms with E-state index in [4.69, 9.17) is 0 Å². The van der Waals surface area contributed by atoms with E-state index in [1.54, 1.807) is 34.6 Å². The van der Waals surface area contributed by atoms with Crippen LogP contribution in [0.1, 0.15) is 28.6 Å². The summed E-state index contributed by atoms with van der Waals surface area (Å²) in [4.78, 5) is 20.1. The van der Waals surface area contributed by atoms with Crippen molar-refractivity contribution < 1.29 is 9.90 Å². The minimum absolute atomic E-state index is 0.0392. The molecule has 1 amide bonds. The lowest BCUT2D eigenvalue weighted by atomic mass is 10.1. The molecule has 2 rings (SSSR count). The molecule has 0 aliphatic carbocycles. The van der Waals surface area contributed by atoms with Gasteiger partial charge < -0.3 is 10.0 Å². The van der Waals surface area contributed by atoms with E-state index in [1.165, 1.54) is 11.8 Å². The number of hydrogen-bond donors (Lipinski definition) is 1. The van der Waals surface area contributed by atoms with Gasteiger partial charge in [-0.1, -0.05) is 13.0 Å². The van der Waals surface area contributed by atoms with Gasteiger partial charge in [0.15, 0.2) is 0 Å². The van der Waals surface area contributed by atoms with E-state index in [2.05, 4.69) is 4.98 Å². The van der Waals surface area contributed by atoms with Crippen molar-refractivity contribution in [2.75, 3.05) is 12.9 Å². The van der Waals surface area contributed by atoms with Crippen LogP contribution in [0.25, 0.3) is 0 Å². The quantitative estimate of drug-likeness (QED) is 0.789. The summed E-state index contributed by atoms with van der Waals surface area (Å²) >= 11 is 3.07. The Morgan fingerprint density at radius 2 is 2.27 bits per heavy atom. The standard InChI is InChI=1S/C16H20N2O2S2/c1-3-12(11-19)18(10-13-6-5-9-22-13)16(20)14-7-4-8-17-15(14)21-2/h4-9,12,19H,3,10-11H2,1-2H3/t12-/m0/s1. The fourth-order valence-corrected chi connectivity index (χ4v) is 3.50. The first-order valence-corrected chi connectivity index (χ1v) is 9.24. The maximum Gasteiger partial charge on any atom is 0.257 e. The summed E-state index contributed by atoms with van der Waals surface area (Å²) in [5.74, 6) is -0.0771. The molecule has 0 radical (unpaired) electrons. The molecule has 4 nitrogen and oxygen atoms in total. The molecule has 22 heavy (non-hydrogen) atoms. The molecule has 1 atom stereocenters. The van der Waals surface area contributed by atoms with Crippen molar-refractivity contribution in [3.8, 4) is 0 Å². The van der Waals surface area contributed by atoms with E-state index >= 15 is 0 Å². The van der Waals surface area contributed by atoms with E-state index in [0.717, 1.165) is 9.90 Å². The Bertz CT molecular complexity index is 598. The number of nitrogens with zero attached hydrogens (tertiary/aromatic N) is 2. The number of carbonyl (C=O) groups excluding carboxylic acids is 1. The second-order valence-corrected chi connectivity index (χ2v) is 6.64. The maximum atomic E-state index is 13.0. The number of thiophene rings is 1. The molecule has 0 saturated carbocycles. The third-order valence-electron chi connectivity index (χ3n) is 3.48. The number of pyridine rings is 1. The smallest absolute Gasteiger partial charge is 0.257 e. The molecular weight excluding hydrogens is 316 g/mol. The van der Waals surface area contributed by atoms with Crippen molar-refractivity contribution in [3.05, 3.63) is 46.3 Å². The predicted molar refractivity (Wildman–Crippen MR) is 91.4 cm³/mol. The number of aliphatic hydroxyl groups excluding tert-OH is 1. The van der Waals surface area contributed by atoms with Crippen LogP contribution in [0.4, 0.5) is 0 Å². The first kappa shape index (κ1) is 17.0. The highest BCUT2D eigenvalue weighted by Crippen LogP contribution is 2.23. The second-order valence-electron chi connectivity index (χ2n) is 4.82. The van der Waals surface area contributed by atoms with Crippen LogP contribution in [0, 0.1) is 0 Å². The van der Waals surface area contributed by atoms with Gasteiger partial charge in [-0.2, -0.15) is 0 Å². The highest BCUT2D eigenvalue weighted by atomic mass is 32.2. The van der Waals surface area contributed by atoms with E-state index in [9.17, 15) is 9.90 Å². The molecule has 2 heterocycles. The fourth-order valence-electron chi connectivity index (χ4n) is 2.26. The fraction of sp³-hybridized carbons (Fsp3) is 0.375. The van der Waals surface area contributed by atoms with Crippen molar-refractivity contribution >= 4 is 29.0 Å². The van der Waals surface area contributed by atoms with E-state index in [1.807, 2.05) is 30.7 Å². The third kappa shape index (κ3) is 3.88. The highest BCUT2D eigenvalue weighted by molar-refractivity contribution is 7.98. The van der Waals surface area contributed by atoms with Crippen LogP contribution in [0.2, 0.25) is 0 Å². The van der Waals surface area contributed by atoms with Gasteiger partial charge in [-0.25, -0.2) is 4.98 Å². The molecule has 0 aliphatic heterocycles. The van der Waals surface area contributed by atoms with Gasteiger partial charge in [-0.05, 0) is 36.3 Å². The number of thioether (sulfide) groups is 1. The number of aromatic nitrogens is 1. The van der Waals surface area contributed by atoms with Crippen LogP contribution < -0.4 is 0 Å². The van der Waals surface area contributed by atoms with Crippen LogP contribution in [0.5, 0.6) is 0 Å². The summed E-state index contributed by atoms with van der Waals surface area (Å²) in [5.41, 5.74) is 0.596. The second kappa shape index (κ2) is 8.31. The highest BCUT2D eigenvalue weighted by Gasteiger charge is 2.25. The van der Waals surface area contributed by atoms with Crippen molar-refractivity contribution in [2.24, 2.45) is 0 Å². The average Bonchev–Trinajstić information content (AvgIpc) is 3.07. The molecule has 2 aromatic heterocycles. The molecular formula is C16H20N2O2S2. The van der Waals surface area contributed by atoms with Crippen LogP contribution >= 0.6 is 23.1 Å². The molecule has 2 aromatic rings. The molecule has 0 aromatic carbocycles. The van der Waals surface area contributed by atoms with Gasteiger partial charge in [0.05, 0.1) is 24.8 Å². The number of aliphatic hydroxyl groups is 1. The summed E-state index contributed by atoms with van der Waals surface area (Å²) in [5, 5.41) is 12.4. The zero-order valence-corrected chi connectivity index (χ0v) is 14.4. The van der Waals surface area contributed by atoms with Gasteiger partial charge in [-0.3, -0.25) is 4.79 Å². The van der Waals surface area contributed by atoms with Crippen molar-refractivity contribution in [1.29, 1.82) is 0 Å². The molecule has 0 bridgehead atoms. The van der Waals surface area contributed by atoms with Gasteiger partial charge in [0.25, 0.3) is 5.91 Å². The summed E-state index contributed by atoms with van der Waals surface area (Å²) in [6.45, 7) is 2.45. The molecule has 118 valence electrons. The molecule has 0 aliphatic rings. The monoisotopic (exact) mass is 336 g/mol. The normalized spacial score (nSPS) is 12.1.